The number of nitrogens with zero attached hydrogens (tertiary/aromatic N) is 1. The summed E-state index contributed by atoms with van der Waals surface area (Å²) in [6.45, 7) is 9.05. The van der Waals surface area contributed by atoms with E-state index in [4.69, 9.17) is 0 Å². The monoisotopic (exact) mass is 384 g/mol. The number of piperidine rings is 1. The SMILES string of the molecule is CCC(C(C)C)N1CC2C(NC(=O)C(O)(c3ccccc3)C3CCCC3)[C@H]2C1. The number of benzene rings is 1. The predicted octanol–water partition coefficient (Wildman–Crippen LogP) is 3.55. The number of carbonyl (C=O) groups excluding carboxylic acids is 1. The van der Waals surface area contributed by atoms with Crippen molar-refractivity contribution >= 4 is 5.91 Å². The second-order valence-electron chi connectivity index (χ2n) is 9.61. The molecule has 3 aliphatic rings. The molecule has 4 unspecified atom stereocenters. The van der Waals surface area contributed by atoms with Crippen molar-refractivity contribution in [2.75, 3.05) is 13.1 Å². The Kier molecular flexibility index (Phi) is 5.54. The Morgan fingerprint density at radius 3 is 2.32 bits per heavy atom. The molecule has 2 N–H and O–H groups in total. The lowest BCUT2D eigenvalue weighted by Crippen LogP contribution is -2.51. The van der Waals surface area contributed by atoms with Gasteiger partial charge in [0, 0.05) is 31.1 Å². The number of fused-ring (bicyclic) bond motifs is 1. The first-order chi connectivity index (χ1) is 13.5. The van der Waals surface area contributed by atoms with Gasteiger partial charge in [0.25, 0.3) is 5.91 Å². The average Bonchev–Trinajstić information content (AvgIpc) is 3.12. The average molecular weight is 385 g/mol. The van der Waals surface area contributed by atoms with Crippen LogP contribution in [-0.2, 0) is 10.4 Å². The Morgan fingerprint density at radius 2 is 1.79 bits per heavy atom. The van der Waals surface area contributed by atoms with Gasteiger partial charge in [-0.1, -0.05) is 63.9 Å². The summed E-state index contributed by atoms with van der Waals surface area (Å²) in [6.07, 6.45) is 5.24. The molecule has 1 aromatic rings. The zero-order valence-electron chi connectivity index (χ0n) is 17.6. The lowest BCUT2D eigenvalue weighted by atomic mass is 9.79. The van der Waals surface area contributed by atoms with E-state index in [0.29, 0.717) is 23.8 Å². The molecule has 4 nitrogen and oxygen atoms in total. The van der Waals surface area contributed by atoms with E-state index in [2.05, 4.69) is 31.0 Å². The summed E-state index contributed by atoms with van der Waals surface area (Å²) in [4.78, 5) is 16.0. The van der Waals surface area contributed by atoms with Crippen molar-refractivity contribution in [3.63, 3.8) is 0 Å². The molecule has 1 aliphatic heterocycles. The summed E-state index contributed by atoms with van der Waals surface area (Å²) in [5.41, 5.74) is -0.643. The van der Waals surface area contributed by atoms with Gasteiger partial charge in [-0.15, -0.1) is 0 Å². The van der Waals surface area contributed by atoms with Crippen molar-refractivity contribution in [2.24, 2.45) is 23.7 Å². The third kappa shape index (κ3) is 3.39. The van der Waals surface area contributed by atoms with Gasteiger partial charge in [-0.05, 0) is 42.6 Å². The molecule has 2 saturated carbocycles. The van der Waals surface area contributed by atoms with Crippen molar-refractivity contribution in [1.82, 2.24) is 10.2 Å². The number of hydrogen-bond donors (Lipinski definition) is 2. The lowest BCUT2D eigenvalue weighted by molar-refractivity contribution is -0.147. The topological polar surface area (TPSA) is 52.6 Å². The first kappa shape index (κ1) is 19.9. The normalized spacial score (nSPS) is 30.8. The molecule has 0 radical (unpaired) electrons. The number of amides is 1. The number of rotatable bonds is 7. The second-order valence-corrected chi connectivity index (χ2v) is 9.61. The molecule has 1 heterocycles. The van der Waals surface area contributed by atoms with Crippen LogP contribution in [0.1, 0.15) is 58.4 Å². The van der Waals surface area contributed by atoms with Gasteiger partial charge >= 0.3 is 0 Å². The fourth-order valence-electron chi connectivity index (χ4n) is 6.04. The van der Waals surface area contributed by atoms with E-state index in [0.717, 1.165) is 44.3 Å². The minimum Gasteiger partial charge on any atom is -0.375 e. The molecule has 4 rings (SSSR count). The minimum atomic E-state index is -1.39. The van der Waals surface area contributed by atoms with Crippen LogP contribution in [0.2, 0.25) is 0 Å². The van der Waals surface area contributed by atoms with E-state index in [-0.39, 0.29) is 17.9 Å². The van der Waals surface area contributed by atoms with Crippen LogP contribution in [0.25, 0.3) is 0 Å². The Hall–Kier alpha value is -1.39. The van der Waals surface area contributed by atoms with Gasteiger partial charge in [0.15, 0.2) is 5.60 Å². The number of nitrogens with one attached hydrogen (secondary N) is 1. The molecule has 154 valence electrons. The van der Waals surface area contributed by atoms with Gasteiger partial charge in [-0.2, -0.15) is 0 Å². The highest BCUT2D eigenvalue weighted by molar-refractivity contribution is 5.87. The van der Waals surface area contributed by atoms with Crippen LogP contribution in [0.5, 0.6) is 0 Å². The molecule has 1 amide bonds. The zero-order valence-corrected chi connectivity index (χ0v) is 17.6. The van der Waals surface area contributed by atoms with E-state index < -0.39 is 5.60 Å². The third-order valence-electron chi connectivity index (χ3n) is 7.68. The Bertz CT molecular complexity index is 673. The van der Waals surface area contributed by atoms with E-state index in [1.54, 1.807) is 0 Å². The Labute approximate surface area is 169 Å². The molecule has 0 aromatic heterocycles. The summed E-state index contributed by atoms with van der Waals surface area (Å²) in [5.74, 6) is 1.63. The zero-order chi connectivity index (χ0) is 19.9. The lowest BCUT2D eigenvalue weighted by Gasteiger charge is -2.35. The number of likely N-dealkylation sites (tertiary alicyclic amines) is 1. The Balaban J connectivity index is 1.43. The van der Waals surface area contributed by atoms with Crippen LogP contribution in [0.3, 0.4) is 0 Å². The third-order valence-corrected chi connectivity index (χ3v) is 7.68. The fourth-order valence-corrected chi connectivity index (χ4v) is 6.04. The van der Waals surface area contributed by atoms with Gasteiger partial charge < -0.3 is 10.4 Å². The van der Waals surface area contributed by atoms with Crippen molar-refractivity contribution in [3.05, 3.63) is 35.9 Å². The summed E-state index contributed by atoms with van der Waals surface area (Å²) in [5, 5.41) is 14.9. The maximum atomic E-state index is 13.3. The first-order valence-electron chi connectivity index (χ1n) is 11.3. The van der Waals surface area contributed by atoms with E-state index in [9.17, 15) is 9.90 Å². The highest BCUT2D eigenvalue weighted by Gasteiger charge is 2.59. The number of carbonyl (C=O) groups is 1. The van der Waals surface area contributed by atoms with E-state index in [1.165, 1.54) is 6.42 Å². The molecule has 0 spiro atoms. The molecule has 3 fully saturated rings. The molecule has 1 saturated heterocycles. The van der Waals surface area contributed by atoms with Crippen LogP contribution >= 0.6 is 0 Å². The van der Waals surface area contributed by atoms with Crippen LogP contribution in [-0.4, -0.2) is 41.1 Å². The highest BCUT2D eigenvalue weighted by atomic mass is 16.3. The standard InChI is InChI=1S/C24H36N2O2/c1-4-21(16(2)3)26-14-19-20(15-26)22(19)25-23(27)24(28,18-12-8-9-13-18)17-10-6-5-7-11-17/h5-7,10-11,16,18-22,28H,4,8-9,12-15H2,1-3H3,(H,25,27)/t19-,20?,21?,22?,24?/m0/s1. The predicted molar refractivity (Wildman–Crippen MR) is 112 cm³/mol. The van der Waals surface area contributed by atoms with Crippen LogP contribution in [0.4, 0.5) is 0 Å². The Morgan fingerprint density at radius 1 is 1.18 bits per heavy atom. The van der Waals surface area contributed by atoms with Crippen molar-refractivity contribution < 1.29 is 9.90 Å². The molecular weight excluding hydrogens is 348 g/mol. The molecule has 28 heavy (non-hydrogen) atoms. The van der Waals surface area contributed by atoms with Gasteiger partial charge in [0.05, 0.1) is 0 Å². The van der Waals surface area contributed by atoms with Crippen molar-refractivity contribution in [1.29, 1.82) is 0 Å². The second kappa shape index (κ2) is 7.79. The van der Waals surface area contributed by atoms with Crippen LogP contribution < -0.4 is 5.32 Å². The first-order valence-corrected chi connectivity index (χ1v) is 11.3. The maximum absolute atomic E-state index is 13.3. The summed E-state index contributed by atoms with van der Waals surface area (Å²) in [7, 11) is 0. The van der Waals surface area contributed by atoms with E-state index >= 15 is 0 Å². The molecule has 1 aromatic carbocycles. The summed E-state index contributed by atoms with van der Waals surface area (Å²) < 4.78 is 0. The molecule has 4 heteroatoms. The van der Waals surface area contributed by atoms with E-state index in [1.807, 2.05) is 30.3 Å². The van der Waals surface area contributed by atoms with Crippen LogP contribution in [0.15, 0.2) is 30.3 Å². The van der Waals surface area contributed by atoms with Crippen molar-refractivity contribution in [3.8, 4) is 0 Å². The fraction of sp³-hybridized carbons (Fsp3) is 0.708. The smallest absolute Gasteiger partial charge is 0.257 e. The quantitative estimate of drug-likeness (QED) is 0.756. The largest absolute Gasteiger partial charge is 0.375 e. The molecule has 5 atom stereocenters. The molecule has 0 bridgehead atoms. The highest BCUT2D eigenvalue weighted by Crippen LogP contribution is 2.48. The summed E-state index contributed by atoms with van der Waals surface area (Å²) in [6, 6.07) is 10.5. The van der Waals surface area contributed by atoms with Crippen molar-refractivity contribution in [2.45, 2.75) is 70.6 Å². The molecular formula is C24H36N2O2. The van der Waals surface area contributed by atoms with Gasteiger partial charge in [-0.3, -0.25) is 9.69 Å². The van der Waals surface area contributed by atoms with Gasteiger partial charge in [-0.25, -0.2) is 0 Å². The van der Waals surface area contributed by atoms with Gasteiger partial charge in [0.2, 0.25) is 0 Å². The number of aliphatic hydroxyl groups is 1. The summed E-state index contributed by atoms with van der Waals surface area (Å²) >= 11 is 0. The maximum Gasteiger partial charge on any atom is 0.257 e. The van der Waals surface area contributed by atoms with Gasteiger partial charge in [0.1, 0.15) is 0 Å². The molecule has 2 aliphatic carbocycles. The minimum absolute atomic E-state index is 0.0235. The van der Waals surface area contributed by atoms with Crippen LogP contribution in [0, 0.1) is 23.7 Å². The number of hydrogen-bond acceptors (Lipinski definition) is 3.